The topological polar surface area (TPSA) is 43.6 Å². The van der Waals surface area contributed by atoms with Gasteiger partial charge in [0.2, 0.25) is 0 Å². The maximum Gasteiger partial charge on any atom is 0.252 e. The van der Waals surface area contributed by atoms with Gasteiger partial charge in [-0.1, -0.05) is 47.1 Å². The molecule has 0 spiro atoms. The van der Waals surface area contributed by atoms with Crippen molar-refractivity contribution in [3.8, 4) is 18.1 Å². The first-order chi connectivity index (χ1) is 12.1. The van der Waals surface area contributed by atoms with Crippen LogP contribution < -0.4 is 9.54 Å². The largest absolute Gasteiger partial charge is 0.497 e. The molecule has 126 valence electrons. The minimum atomic E-state index is -0.187. The number of carbonyl (C=O) groups is 1. The van der Waals surface area contributed by atoms with Crippen molar-refractivity contribution >= 4 is 27.5 Å². The number of fused-ring (bicyclic) bond motifs is 1. The summed E-state index contributed by atoms with van der Waals surface area (Å²) >= 11 is 1.43. The molecule has 25 heavy (non-hydrogen) atoms. The molecule has 0 radical (unpaired) electrons. The Hall–Kier alpha value is -2.84. The van der Waals surface area contributed by atoms with Gasteiger partial charge in [-0.05, 0) is 30.7 Å². The molecule has 0 aliphatic carbocycles. The number of aromatic nitrogens is 1. The van der Waals surface area contributed by atoms with Crippen LogP contribution in [-0.4, -0.2) is 17.6 Å². The molecule has 0 atom stereocenters. The molecule has 4 nitrogen and oxygen atoms in total. The van der Waals surface area contributed by atoms with Gasteiger partial charge in [0.15, 0.2) is 4.80 Å². The standard InChI is InChI=1S/C20H18N2O2S/c1-4-11-22-17-10-9-16(24-3)13-18(17)25-20(22)21-19(23)12-15-7-5-14(2)6-8-15/h1,5-10,13H,11-12H2,2-3H3. The number of nitrogens with zero attached hydrogens (tertiary/aromatic N) is 2. The lowest BCUT2D eigenvalue weighted by Crippen LogP contribution is -2.17. The van der Waals surface area contributed by atoms with Crippen LogP contribution in [0.5, 0.6) is 5.75 Å². The Morgan fingerprint density at radius 3 is 2.72 bits per heavy atom. The summed E-state index contributed by atoms with van der Waals surface area (Å²) in [7, 11) is 1.63. The number of aryl methyl sites for hydroxylation is 1. The summed E-state index contributed by atoms with van der Waals surface area (Å²) in [5.74, 6) is 3.20. The Kier molecular flexibility index (Phi) is 5.01. The number of terminal acetylenes is 1. The van der Waals surface area contributed by atoms with E-state index in [0.717, 1.165) is 21.5 Å². The van der Waals surface area contributed by atoms with Gasteiger partial charge in [-0.3, -0.25) is 4.79 Å². The molecule has 3 rings (SSSR count). The Balaban J connectivity index is 1.99. The Bertz CT molecular complexity index is 1020. The van der Waals surface area contributed by atoms with Crippen LogP contribution in [0.1, 0.15) is 11.1 Å². The number of amides is 1. The molecule has 0 fully saturated rings. The highest BCUT2D eigenvalue weighted by molar-refractivity contribution is 7.16. The van der Waals surface area contributed by atoms with E-state index < -0.39 is 0 Å². The molecular formula is C20H18N2O2S. The maximum absolute atomic E-state index is 12.4. The van der Waals surface area contributed by atoms with Crippen LogP contribution in [0.15, 0.2) is 47.5 Å². The lowest BCUT2D eigenvalue weighted by Gasteiger charge is -2.02. The highest BCUT2D eigenvalue weighted by atomic mass is 32.1. The zero-order valence-electron chi connectivity index (χ0n) is 14.2. The number of carbonyl (C=O) groups excluding carboxylic acids is 1. The van der Waals surface area contributed by atoms with Crippen LogP contribution in [0.2, 0.25) is 0 Å². The van der Waals surface area contributed by atoms with E-state index in [1.807, 2.05) is 54.0 Å². The summed E-state index contributed by atoms with van der Waals surface area (Å²) in [6, 6.07) is 13.6. The van der Waals surface area contributed by atoms with E-state index in [4.69, 9.17) is 11.2 Å². The molecule has 2 aromatic carbocycles. The molecule has 0 aliphatic rings. The summed E-state index contributed by atoms with van der Waals surface area (Å²) in [4.78, 5) is 17.3. The van der Waals surface area contributed by atoms with Gasteiger partial charge in [-0.25, -0.2) is 0 Å². The summed E-state index contributed by atoms with van der Waals surface area (Å²) < 4.78 is 8.12. The van der Waals surface area contributed by atoms with E-state index in [0.29, 0.717) is 11.3 Å². The van der Waals surface area contributed by atoms with Crippen molar-refractivity contribution in [1.82, 2.24) is 4.57 Å². The average molecular weight is 350 g/mol. The van der Waals surface area contributed by atoms with Gasteiger partial charge >= 0.3 is 0 Å². The van der Waals surface area contributed by atoms with E-state index in [1.54, 1.807) is 7.11 Å². The molecule has 1 heterocycles. The monoisotopic (exact) mass is 350 g/mol. The third-order valence-corrected chi connectivity index (χ3v) is 4.88. The lowest BCUT2D eigenvalue weighted by atomic mass is 10.1. The molecule has 3 aromatic rings. The average Bonchev–Trinajstić information content (AvgIpc) is 2.93. The SMILES string of the molecule is C#CCn1c(=NC(=O)Cc2ccc(C)cc2)sc2cc(OC)ccc21. The Morgan fingerprint density at radius 2 is 2.04 bits per heavy atom. The Labute approximate surface area is 150 Å². The molecule has 1 aromatic heterocycles. The molecule has 0 saturated heterocycles. The van der Waals surface area contributed by atoms with Crippen molar-refractivity contribution in [1.29, 1.82) is 0 Å². The first-order valence-electron chi connectivity index (χ1n) is 7.84. The fraction of sp³-hybridized carbons (Fsp3) is 0.200. The van der Waals surface area contributed by atoms with Crippen LogP contribution in [0.4, 0.5) is 0 Å². The third-order valence-electron chi connectivity index (χ3n) is 3.84. The minimum absolute atomic E-state index is 0.187. The second-order valence-corrected chi connectivity index (χ2v) is 6.69. The zero-order valence-corrected chi connectivity index (χ0v) is 15.0. The summed E-state index contributed by atoms with van der Waals surface area (Å²) in [5, 5.41) is 0. The smallest absolute Gasteiger partial charge is 0.252 e. The molecule has 1 amide bonds. The van der Waals surface area contributed by atoms with Crippen molar-refractivity contribution in [2.75, 3.05) is 7.11 Å². The van der Waals surface area contributed by atoms with Crippen LogP contribution >= 0.6 is 11.3 Å². The van der Waals surface area contributed by atoms with E-state index in [2.05, 4.69) is 10.9 Å². The van der Waals surface area contributed by atoms with Gasteiger partial charge in [0.25, 0.3) is 5.91 Å². The quantitative estimate of drug-likeness (QED) is 0.678. The van der Waals surface area contributed by atoms with Crippen molar-refractivity contribution in [3.63, 3.8) is 0 Å². The van der Waals surface area contributed by atoms with E-state index in [-0.39, 0.29) is 12.3 Å². The van der Waals surface area contributed by atoms with Gasteiger partial charge in [-0.2, -0.15) is 4.99 Å². The predicted molar refractivity (Wildman–Crippen MR) is 101 cm³/mol. The number of benzene rings is 2. The number of rotatable bonds is 4. The molecule has 0 bridgehead atoms. The molecular weight excluding hydrogens is 332 g/mol. The van der Waals surface area contributed by atoms with Gasteiger partial charge in [0, 0.05) is 0 Å². The van der Waals surface area contributed by atoms with Gasteiger partial charge in [-0.15, -0.1) is 6.42 Å². The summed E-state index contributed by atoms with van der Waals surface area (Å²) in [5.41, 5.74) is 3.06. The predicted octanol–water partition coefficient (Wildman–Crippen LogP) is 3.32. The van der Waals surface area contributed by atoms with Gasteiger partial charge < -0.3 is 9.30 Å². The summed E-state index contributed by atoms with van der Waals surface area (Å²) in [6.07, 6.45) is 5.76. The molecule has 0 aliphatic heterocycles. The second-order valence-electron chi connectivity index (χ2n) is 5.68. The second kappa shape index (κ2) is 7.37. The number of hydrogen-bond donors (Lipinski definition) is 0. The first-order valence-corrected chi connectivity index (χ1v) is 8.66. The van der Waals surface area contributed by atoms with Crippen molar-refractivity contribution in [2.45, 2.75) is 19.9 Å². The van der Waals surface area contributed by atoms with Gasteiger partial charge in [0.05, 0.1) is 30.3 Å². The number of ether oxygens (including phenoxy) is 1. The van der Waals surface area contributed by atoms with Crippen molar-refractivity contribution in [2.24, 2.45) is 4.99 Å². The number of methoxy groups -OCH3 is 1. The molecule has 0 N–H and O–H groups in total. The van der Waals surface area contributed by atoms with Crippen LogP contribution in [0.3, 0.4) is 0 Å². The van der Waals surface area contributed by atoms with E-state index in [9.17, 15) is 4.79 Å². The summed E-state index contributed by atoms with van der Waals surface area (Å²) in [6.45, 7) is 2.38. The maximum atomic E-state index is 12.4. The fourth-order valence-electron chi connectivity index (χ4n) is 2.54. The van der Waals surface area contributed by atoms with Crippen LogP contribution in [0, 0.1) is 19.3 Å². The van der Waals surface area contributed by atoms with E-state index in [1.165, 1.54) is 16.9 Å². The third kappa shape index (κ3) is 3.81. The number of hydrogen-bond acceptors (Lipinski definition) is 3. The van der Waals surface area contributed by atoms with Crippen LogP contribution in [-0.2, 0) is 17.8 Å². The Morgan fingerprint density at radius 1 is 1.28 bits per heavy atom. The number of thiazole rings is 1. The van der Waals surface area contributed by atoms with Crippen molar-refractivity contribution in [3.05, 3.63) is 58.4 Å². The van der Waals surface area contributed by atoms with Crippen LogP contribution in [0.25, 0.3) is 10.2 Å². The van der Waals surface area contributed by atoms with Gasteiger partial charge in [0.1, 0.15) is 5.75 Å². The zero-order chi connectivity index (χ0) is 17.8. The van der Waals surface area contributed by atoms with Crippen molar-refractivity contribution < 1.29 is 9.53 Å². The molecule has 0 unspecified atom stereocenters. The minimum Gasteiger partial charge on any atom is -0.497 e. The fourth-order valence-corrected chi connectivity index (χ4v) is 3.61. The molecule has 0 saturated carbocycles. The van der Waals surface area contributed by atoms with E-state index >= 15 is 0 Å². The lowest BCUT2D eigenvalue weighted by molar-refractivity contribution is -0.117. The molecule has 5 heteroatoms. The highest BCUT2D eigenvalue weighted by Gasteiger charge is 2.09. The normalized spacial score (nSPS) is 11.5. The first kappa shape index (κ1) is 17.0. The highest BCUT2D eigenvalue weighted by Crippen LogP contribution is 2.23.